The molecule has 1 fully saturated rings. The van der Waals surface area contributed by atoms with Crippen LogP contribution in [0.5, 0.6) is 0 Å². The van der Waals surface area contributed by atoms with Crippen LogP contribution in [0.3, 0.4) is 0 Å². The lowest BCUT2D eigenvalue weighted by molar-refractivity contribution is 0.353. The SMILES string of the molecule is Brc1cc2c3c(c1)C1(CCCCC1)c1ccc4c5ccccc5n(c4c1-3)-c1ccccc1-2. The lowest BCUT2D eigenvalue weighted by Crippen LogP contribution is -2.28. The predicted octanol–water partition coefficient (Wildman–Crippen LogP) is 8.76. The highest BCUT2D eigenvalue weighted by Gasteiger charge is 2.47. The Labute approximate surface area is 195 Å². The van der Waals surface area contributed by atoms with Crippen LogP contribution in [-0.4, -0.2) is 4.57 Å². The van der Waals surface area contributed by atoms with E-state index < -0.39 is 0 Å². The molecule has 0 unspecified atom stereocenters. The highest BCUT2D eigenvalue weighted by Crippen LogP contribution is 2.62. The molecular formula is C30H22BrN. The third kappa shape index (κ3) is 1.93. The molecule has 32 heavy (non-hydrogen) atoms. The first-order valence-corrected chi connectivity index (χ1v) is 12.6. The van der Waals surface area contributed by atoms with Gasteiger partial charge in [-0.1, -0.05) is 83.7 Å². The average Bonchev–Trinajstić information content (AvgIpc) is 3.25. The zero-order chi connectivity index (χ0) is 21.0. The maximum absolute atomic E-state index is 3.91. The zero-order valence-electron chi connectivity index (χ0n) is 17.8. The van der Waals surface area contributed by atoms with Crippen LogP contribution in [0.2, 0.25) is 0 Å². The fraction of sp³-hybridized carbons (Fsp3) is 0.200. The molecule has 3 aliphatic rings. The molecular weight excluding hydrogens is 454 g/mol. The molecule has 0 amide bonds. The summed E-state index contributed by atoms with van der Waals surface area (Å²) >= 11 is 3.91. The van der Waals surface area contributed by atoms with Gasteiger partial charge in [0.1, 0.15) is 0 Å². The van der Waals surface area contributed by atoms with Gasteiger partial charge in [0.25, 0.3) is 0 Å². The number of nitrogens with zero attached hydrogens (tertiary/aromatic N) is 1. The first kappa shape index (κ1) is 17.7. The van der Waals surface area contributed by atoms with Gasteiger partial charge in [0.05, 0.1) is 16.7 Å². The molecule has 1 aliphatic heterocycles. The quantitative estimate of drug-likeness (QED) is 0.207. The molecule has 1 saturated carbocycles. The summed E-state index contributed by atoms with van der Waals surface area (Å²) in [5, 5.41) is 2.73. The van der Waals surface area contributed by atoms with Crippen LogP contribution in [0.4, 0.5) is 0 Å². The van der Waals surface area contributed by atoms with Crippen LogP contribution in [0, 0.1) is 0 Å². The van der Waals surface area contributed by atoms with Gasteiger partial charge in [-0.2, -0.15) is 0 Å². The van der Waals surface area contributed by atoms with Crippen molar-refractivity contribution in [3.63, 3.8) is 0 Å². The topological polar surface area (TPSA) is 4.93 Å². The van der Waals surface area contributed by atoms with Crippen LogP contribution < -0.4 is 0 Å². The molecule has 4 aromatic carbocycles. The van der Waals surface area contributed by atoms with Gasteiger partial charge < -0.3 is 4.57 Å². The molecule has 0 saturated heterocycles. The summed E-state index contributed by atoms with van der Waals surface area (Å²) in [5.74, 6) is 0. The predicted molar refractivity (Wildman–Crippen MR) is 137 cm³/mol. The summed E-state index contributed by atoms with van der Waals surface area (Å²) in [7, 11) is 0. The number of rotatable bonds is 0. The maximum Gasteiger partial charge on any atom is 0.0623 e. The Balaban J connectivity index is 1.69. The van der Waals surface area contributed by atoms with E-state index >= 15 is 0 Å². The Morgan fingerprint density at radius 2 is 1.50 bits per heavy atom. The molecule has 8 rings (SSSR count). The van der Waals surface area contributed by atoms with Gasteiger partial charge in [-0.05, 0) is 59.4 Å². The third-order valence-electron chi connectivity index (χ3n) is 8.36. The van der Waals surface area contributed by atoms with Crippen molar-refractivity contribution in [3.8, 4) is 27.9 Å². The normalized spacial score (nSPS) is 17.2. The summed E-state index contributed by atoms with van der Waals surface area (Å²) in [6.45, 7) is 0. The van der Waals surface area contributed by atoms with Crippen molar-refractivity contribution in [1.82, 2.24) is 4.57 Å². The number of benzene rings is 4. The van der Waals surface area contributed by atoms with E-state index in [1.54, 1.807) is 11.1 Å². The second kappa shape index (κ2) is 5.94. The molecule has 2 heterocycles. The van der Waals surface area contributed by atoms with Crippen molar-refractivity contribution in [1.29, 1.82) is 0 Å². The first-order chi connectivity index (χ1) is 15.8. The fourth-order valence-electron chi connectivity index (χ4n) is 7.16. The number of halogens is 1. The molecule has 5 aromatic rings. The largest absolute Gasteiger partial charge is 0.308 e. The van der Waals surface area contributed by atoms with E-state index in [-0.39, 0.29) is 5.41 Å². The van der Waals surface area contributed by atoms with E-state index in [4.69, 9.17) is 0 Å². The minimum Gasteiger partial charge on any atom is -0.308 e. The smallest absolute Gasteiger partial charge is 0.0623 e. The zero-order valence-corrected chi connectivity index (χ0v) is 19.4. The molecule has 1 aromatic heterocycles. The number of hydrogen-bond acceptors (Lipinski definition) is 0. The highest BCUT2D eigenvalue weighted by atomic mass is 79.9. The Kier molecular flexibility index (Phi) is 3.28. The lowest BCUT2D eigenvalue weighted by atomic mass is 9.67. The molecule has 1 nitrogen and oxygen atoms in total. The van der Waals surface area contributed by atoms with E-state index in [9.17, 15) is 0 Å². The minimum atomic E-state index is 0.156. The molecule has 154 valence electrons. The number of hydrogen-bond donors (Lipinski definition) is 0. The molecule has 1 spiro atoms. The number of aromatic nitrogens is 1. The molecule has 0 bridgehead atoms. The fourth-order valence-corrected chi connectivity index (χ4v) is 7.62. The standard InChI is InChI=1S/C30H22BrN/c31-18-16-22-20-9-3-5-11-26(20)32-25-10-4-2-8-19(25)21-12-13-23-28(29(21)32)27(22)24(17-18)30(23)14-6-1-7-15-30/h2-5,8-13,16-17H,1,6-7,14-15H2. The van der Waals surface area contributed by atoms with Crippen LogP contribution >= 0.6 is 15.9 Å². The van der Waals surface area contributed by atoms with Crippen molar-refractivity contribution in [2.75, 3.05) is 0 Å². The summed E-state index contributed by atoms with van der Waals surface area (Å²) in [6.07, 6.45) is 6.52. The van der Waals surface area contributed by atoms with E-state index in [2.05, 4.69) is 93.3 Å². The maximum atomic E-state index is 3.91. The first-order valence-electron chi connectivity index (χ1n) is 11.8. The Bertz CT molecular complexity index is 1610. The molecule has 0 radical (unpaired) electrons. The highest BCUT2D eigenvalue weighted by molar-refractivity contribution is 9.10. The van der Waals surface area contributed by atoms with E-state index in [0.717, 1.165) is 0 Å². The molecule has 0 N–H and O–H groups in total. The molecule has 0 atom stereocenters. The molecule has 2 aliphatic carbocycles. The Morgan fingerprint density at radius 1 is 0.688 bits per heavy atom. The van der Waals surface area contributed by atoms with Gasteiger partial charge in [-0.15, -0.1) is 0 Å². The van der Waals surface area contributed by atoms with Crippen LogP contribution in [-0.2, 0) is 5.41 Å². The average molecular weight is 476 g/mol. The summed E-state index contributed by atoms with van der Waals surface area (Å²) in [6, 6.07) is 27.6. The van der Waals surface area contributed by atoms with Gasteiger partial charge in [0, 0.05) is 31.8 Å². The summed E-state index contributed by atoms with van der Waals surface area (Å²) in [5.41, 5.74) is 13.0. The van der Waals surface area contributed by atoms with E-state index in [1.165, 1.54) is 86.3 Å². The van der Waals surface area contributed by atoms with Crippen molar-refractivity contribution in [3.05, 3.63) is 88.4 Å². The molecule has 2 heteroatoms. The Hall–Kier alpha value is -2.84. The van der Waals surface area contributed by atoms with E-state index in [1.807, 2.05) is 0 Å². The monoisotopic (exact) mass is 475 g/mol. The minimum absolute atomic E-state index is 0.156. The second-order valence-corrected chi connectivity index (χ2v) is 10.7. The van der Waals surface area contributed by atoms with Gasteiger partial charge in [0.2, 0.25) is 0 Å². The van der Waals surface area contributed by atoms with Crippen LogP contribution in [0.1, 0.15) is 43.2 Å². The van der Waals surface area contributed by atoms with Crippen molar-refractivity contribution >= 4 is 37.7 Å². The van der Waals surface area contributed by atoms with Gasteiger partial charge in [0.15, 0.2) is 0 Å². The number of para-hydroxylation sites is 2. The van der Waals surface area contributed by atoms with Crippen LogP contribution in [0.25, 0.3) is 49.7 Å². The van der Waals surface area contributed by atoms with Gasteiger partial charge in [-0.3, -0.25) is 0 Å². The summed E-state index contributed by atoms with van der Waals surface area (Å²) in [4.78, 5) is 0. The number of fused-ring (bicyclic) bond motifs is 8. The third-order valence-corrected chi connectivity index (χ3v) is 8.82. The van der Waals surface area contributed by atoms with Crippen molar-refractivity contribution < 1.29 is 0 Å². The Morgan fingerprint density at radius 3 is 2.41 bits per heavy atom. The van der Waals surface area contributed by atoms with Crippen LogP contribution in [0.15, 0.2) is 77.3 Å². The summed E-state index contributed by atoms with van der Waals surface area (Å²) < 4.78 is 3.75. The lowest BCUT2D eigenvalue weighted by Gasteiger charge is -2.36. The van der Waals surface area contributed by atoms with Crippen molar-refractivity contribution in [2.45, 2.75) is 37.5 Å². The van der Waals surface area contributed by atoms with Gasteiger partial charge >= 0.3 is 0 Å². The van der Waals surface area contributed by atoms with E-state index in [0.29, 0.717) is 0 Å². The van der Waals surface area contributed by atoms with Crippen molar-refractivity contribution in [2.24, 2.45) is 0 Å². The van der Waals surface area contributed by atoms with Gasteiger partial charge in [-0.25, -0.2) is 0 Å². The second-order valence-electron chi connectivity index (χ2n) is 9.77.